The van der Waals surface area contributed by atoms with Crippen LogP contribution < -0.4 is 10.6 Å². The predicted molar refractivity (Wildman–Crippen MR) is 134 cm³/mol. The number of hydrogen-bond acceptors (Lipinski definition) is 5. The van der Waals surface area contributed by atoms with E-state index >= 15 is 0 Å². The SMILES string of the molecule is Cc1cc(-c2cnc3c(NCC(C)(C)O)cc(-c4ccccc4F)nn23)ccc1C(=O)NC1CC1. The molecule has 5 rings (SSSR count). The van der Waals surface area contributed by atoms with Gasteiger partial charge in [0.05, 0.1) is 28.9 Å². The van der Waals surface area contributed by atoms with Gasteiger partial charge in [-0.1, -0.05) is 18.2 Å². The molecule has 8 heteroatoms. The van der Waals surface area contributed by atoms with Crippen molar-refractivity contribution < 1.29 is 14.3 Å². The lowest BCUT2D eigenvalue weighted by Crippen LogP contribution is -2.29. The van der Waals surface area contributed by atoms with Gasteiger partial charge in [-0.2, -0.15) is 5.10 Å². The topological polar surface area (TPSA) is 91.6 Å². The van der Waals surface area contributed by atoms with Gasteiger partial charge in [0.25, 0.3) is 5.91 Å². The molecule has 0 saturated heterocycles. The number of aliphatic hydroxyl groups is 1. The molecule has 2 aromatic carbocycles. The summed E-state index contributed by atoms with van der Waals surface area (Å²) in [6.45, 7) is 5.59. The summed E-state index contributed by atoms with van der Waals surface area (Å²) in [6.07, 6.45) is 3.77. The molecular weight excluding hydrogens is 445 g/mol. The van der Waals surface area contributed by atoms with Crippen molar-refractivity contribution >= 4 is 17.2 Å². The van der Waals surface area contributed by atoms with Gasteiger partial charge in [0.2, 0.25) is 0 Å². The monoisotopic (exact) mass is 473 g/mol. The number of carbonyl (C=O) groups is 1. The van der Waals surface area contributed by atoms with Crippen LogP contribution in [-0.2, 0) is 0 Å². The van der Waals surface area contributed by atoms with E-state index in [0.717, 1.165) is 24.0 Å². The Morgan fingerprint density at radius 3 is 2.66 bits per heavy atom. The molecule has 1 aliphatic carbocycles. The zero-order chi connectivity index (χ0) is 24.7. The molecular formula is C27H28FN5O2. The van der Waals surface area contributed by atoms with Crippen LogP contribution in [0.15, 0.2) is 54.7 Å². The number of hydrogen-bond donors (Lipinski definition) is 3. The molecule has 3 N–H and O–H groups in total. The Morgan fingerprint density at radius 2 is 1.97 bits per heavy atom. The average molecular weight is 474 g/mol. The highest BCUT2D eigenvalue weighted by Gasteiger charge is 2.25. The summed E-state index contributed by atoms with van der Waals surface area (Å²) in [5, 5.41) is 21.2. The Bertz CT molecular complexity index is 1420. The maximum Gasteiger partial charge on any atom is 0.251 e. The molecule has 0 aliphatic heterocycles. The number of halogens is 1. The molecule has 0 bridgehead atoms. The summed E-state index contributed by atoms with van der Waals surface area (Å²) in [5.74, 6) is -0.441. The molecule has 1 aliphatic rings. The predicted octanol–water partition coefficient (Wildman–Crippen LogP) is 4.59. The quantitative estimate of drug-likeness (QED) is 0.365. The number of nitrogens with zero attached hydrogens (tertiary/aromatic N) is 3. The van der Waals surface area contributed by atoms with E-state index < -0.39 is 5.60 Å². The summed E-state index contributed by atoms with van der Waals surface area (Å²) in [6, 6.07) is 14.1. The molecule has 1 amide bonds. The van der Waals surface area contributed by atoms with Crippen molar-refractivity contribution in [2.45, 2.75) is 45.3 Å². The van der Waals surface area contributed by atoms with Gasteiger partial charge in [-0.3, -0.25) is 4.79 Å². The number of anilines is 1. The smallest absolute Gasteiger partial charge is 0.251 e. The number of imidazole rings is 1. The van der Waals surface area contributed by atoms with Gasteiger partial charge in [-0.25, -0.2) is 13.9 Å². The molecule has 0 spiro atoms. The highest BCUT2D eigenvalue weighted by atomic mass is 19.1. The van der Waals surface area contributed by atoms with Crippen molar-refractivity contribution in [1.82, 2.24) is 19.9 Å². The Morgan fingerprint density at radius 1 is 1.20 bits per heavy atom. The van der Waals surface area contributed by atoms with Gasteiger partial charge in [0.1, 0.15) is 5.82 Å². The first kappa shape index (κ1) is 23.0. The van der Waals surface area contributed by atoms with Crippen molar-refractivity contribution in [3.05, 3.63) is 71.7 Å². The van der Waals surface area contributed by atoms with E-state index in [-0.39, 0.29) is 24.3 Å². The highest BCUT2D eigenvalue weighted by molar-refractivity contribution is 5.96. The molecule has 2 heterocycles. The van der Waals surface area contributed by atoms with Crippen molar-refractivity contribution in [2.75, 3.05) is 11.9 Å². The Kier molecular flexibility index (Phi) is 5.76. The van der Waals surface area contributed by atoms with Gasteiger partial charge in [0, 0.05) is 29.3 Å². The van der Waals surface area contributed by atoms with Crippen LogP contribution in [0.2, 0.25) is 0 Å². The van der Waals surface area contributed by atoms with Crippen LogP contribution in [0.4, 0.5) is 10.1 Å². The number of rotatable bonds is 7. The second-order valence-electron chi connectivity index (χ2n) is 9.75. The van der Waals surface area contributed by atoms with Gasteiger partial charge in [0.15, 0.2) is 5.65 Å². The van der Waals surface area contributed by atoms with Crippen LogP contribution in [0.3, 0.4) is 0 Å². The number of fused-ring (bicyclic) bond motifs is 1. The number of nitrogens with one attached hydrogen (secondary N) is 2. The van der Waals surface area contributed by atoms with Gasteiger partial charge < -0.3 is 15.7 Å². The van der Waals surface area contributed by atoms with Crippen LogP contribution in [0, 0.1) is 12.7 Å². The third-order valence-corrected chi connectivity index (χ3v) is 6.01. The molecule has 4 aromatic rings. The summed E-state index contributed by atoms with van der Waals surface area (Å²) < 4.78 is 16.3. The van der Waals surface area contributed by atoms with Crippen LogP contribution >= 0.6 is 0 Å². The molecule has 7 nitrogen and oxygen atoms in total. The lowest BCUT2D eigenvalue weighted by Gasteiger charge is -2.19. The van der Waals surface area contributed by atoms with Crippen molar-refractivity contribution in [2.24, 2.45) is 0 Å². The van der Waals surface area contributed by atoms with Crippen molar-refractivity contribution in [3.8, 4) is 22.5 Å². The largest absolute Gasteiger partial charge is 0.389 e. The van der Waals surface area contributed by atoms with Gasteiger partial charge >= 0.3 is 0 Å². The van der Waals surface area contributed by atoms with Gasteiger partial charge in [-0.05, 0) is 69.5 Å². The maximum atomic E-state index is 14.6. The lowest BCUT2D eigenvalue weighted by molar-refractivity contribution is 0.0940. The minimum Gasteiger partial charge on any atom is -0.389 e. The Labute approximate surface area is 203 Å². The Balaban J connectivity index is 1.60. The average Bonchev–Trinajstić information content (AvgIpc) is 3.52. The van der Waals surface area contributed by atoms with Gasteiger partial charge in [-0.15, -0.1) is 0 Å². The minimum atomic E-state index is -0.957. The summed E-state index contributed by atoms with van der Waals surface area (Å²) in [4.78, 5) is 17.1. The Hall–Kier alpha value is -3.78. The number of aryl methyl sites for hydroxylation is 1. The summed E-state index contributed by atoms with van der Waals surface area (Å²) in [7, 11) is 0. The van der Waals surface area contributed by atoms with E-state index in [4.69, 9.17) is 5.10 Å². The fourth-order valence-corrected chi connectivity index (χ4v) is 3.98. The van der Waals surface area contributed by atoms with Crippen LogP contribution in [0.25, 0.3) is 28.2 Å². The van der Waals surface area contributed by atoms with E-state index in [0.29, 0.717) is 33.8 Å². The number of aromatic nitrogens is 3. The fourth-order valence-electron chi connectivity index (χ4n) is 3.98. The first-order valence-corrected chi connectivity index (χ1v) is 11.7. The highest BCUT2D eigenvalue weighted by Crippen LogP contribution is 2.30. The lowest BCUT2D eigenvalue weighted by atomic mass is 10.0. The van der Waals surface area contributed by atoms with E-state index in [1.54, 1.807) is 48.8 Å². The first-order chi connectivity index (χ1) is 16.7. The molecule has 35 heavy (non-hydrogen) atoms. The van der Waals surface area contributed by atoms with Crippen LogP contribution in [0.1, 0.15) is 42.6 Å². The summed E-state index contributed by atoms with van der Waals surface area (Å²) in [5.41, 5.74) is 4.06. The van der Waals surface area contributed by atoms with E-state index in [9.17, 15) is 14.3 Å². The van der Waals surface area contributed by atoms with Crippen LogP contribution in [-0.4, -0.2) is 43.8 Å². The first-order valence-electron chi connectivity index (χ1n) is 11.7. The molecule has 0 atom stereocenters. The minimum absolute atomic E-state index is 0.0623. The van der Waals surface area contributed by atoms with E-state index in [1.807, 2.05) is 25.1 Å². The molecule has 2 aromatic heterocycles. The molecule has 0 unspecified atom stereocenters. The zero-order valence-electron chi connectivity index (χ0n) is 20.0. The molecule has 0 radical (unpaired) electrons. The number of carbonyl (C=O) groups excluding carboxylic acids is 1. The summed E-state index contributed by atoms with van der Waals surface area (Å²) >= 11 is 0. The molecule has 1 saturated carbocycles. The van der Waals surface area contributed by atoms with E-state index in [2.05, 4.69) is 15.6 Å². The van der Waals surface area contributed by atoms with Crippen LogP contribution in [0.5, 0.6) is 0 Å². The zero-order valence-corrected chi connectivity index (χ0v) is 20.0. The standard InChI is InChI=1S/C27H28FN5O2/c1-16-12-17(8-11-19(16)26(34)31-18-9-10-18)24-14-29-25-23(30-15-27(2,3)35)13-22(32-33(24)25)20-6-4-5-7-21(20)28/h4-8,11-14,18,30,35H,9-10,15H2,1-3H3,(H,31,34). The normalized spacial score (nSPS) is 13.7. The fraction of sp³-hybridized carbons (Fsp3) is 0.296. The third kappa shape index (κ3) is 4.88. The second kappa shape index (κ2) is 8.78. The van der Waals surface area contributed by atoms with E-state index in [1.165, 1.54) is 6.07 Å². The molecule has 1 fully saturated rings. The maximum absolute atomic E-state index is 14.6. The third-order valence-electron chi connectivity index (χ3n) is 6.01. The number of amides is 1. The number of benzene rings is 2. The van der Waals surface area contributed by atoms with Crippen molar-refractivity contribution in [1.29, 1.82) is 0 Å². The second-order valence-corrected chi connectivity index (χ2v) is 9.75. The van der Waals surface area contributed by atoms with Crippen molar-refractivity contribution in [3.63, 3.8) is 0 Å². The molecule has 180 valence electrons.